The first kappa shape index (κ1) is 17.6. The Hall–Kier alpha value is -1.41. The van der Waals surface area contributed by atoms with Crippen LogP contribution in [0.5, 0.6) is 5.75 Å². The van der Waals surface area contributed by atoms with Gasteiger partial charge in [0.15, 0.2) is 11.7 Å². The largest absolute Gasteiger partial charge is 0.483 e. The fourth-order valence-corrected chi connectivity index (χ4v) is 2.09. The number of nitrogens with one attached hydrogen (secondary N) is 3. The normalized spacial score (nSPS) is 10.7. The highest BCUT2D eigenvalue weighted by atomic mass is 79.9. The Kier molecular flexibility index (Phi) is 6.35. The monoisotopic (exact) mass is 377 g/mol. The zero-order valence-electron chi connectivity index (χ0n) is 11.9. The summed E-state index contributed by atoms with van der Waals surface area (Å²) in [7, 11) is 0. The second-order valence-corrected chi connectivity index (χ2v) is 6.50. The molecule has 0 aliphatic carbocycles. The van der Waals surface area contributed by atoms with Gasteiger partial charge in [-0.05, 0) is 67.1 Å². The molecule has 0 bridgehead atoms. The van der Waals surface area contributed by atoms with Crippen molar-refractivity contribution in [3.05, 3.63) is 28.5 Å². The van der Waals surface area contributed by atoms with Gasteiger partial charge in [0.25, 0.3) is 5.91 Å². The standard InChI is InChI=1S/C13H17BrFN3O2S/c1-13(2,3)16-12(21)18-17-11(19)7-20-10-5-4-8(15)6-9(10)14/h4-6H,7H2,1-3H3,(H,17,19)(H2,16,18,21). The van der Waals surface area contributed by atoms with Crippen LogP contribution < -0.4 is 20.9 Å². The number of ether oxygens (including phenoxy) is 1. The third kappa shape index (κ3) is 7.24. The average Bonchev–Trinajstić information content (AvgIpc) is 2.33. The molecule has 1 aromatic rings. The van der Waals surface area contributed by atoms with E-state index < -0.39 is 5.91 Å². The highest BCUT2D eigenvalue weighted by molar-refractivity contribution is 9.10. The van der Waals surface area contributed by atoms with Crippen LogP contribution in [-0.4, -0.2) is 23.2 Å². The summed E-state index contributed by atoms with van der Waals surface area (Å²) in [5.74, 6) is -0.426. The van der Waals surface area contributed by atoms with Crippen LogP contribution in [0.25, 0.3) is 0 Å². The molecule has 21 heavy (non-hydrogen) atoms. The summed E-state index contributed by atoms with van der Waals surface area (Å²) in [6, 6.07) is 3.94. The highest BCUT2D eigenvalue weighted by Crippen LogP contribution is 2.25. The van der Waals surface area contributed by atoms with Gasteiger partial charge in [-0.3, -0.25) is 15.6 Å². The van der Waals surface area contributed by atoms with Gasteiger partial charge in [0.2, 0.25) is 0 Å². The number of hydrogen-bond donors (Lipinski definition) is 3. The van der Waals surface area contributed by atoms with Crippen LogP contribution in [0.15, 0.2) is 22.7 Å². The second kappa shape index (κ2) is 7.56. The predicted molar refractivity (Wildman–Crippen MR) is 86.4 cm³/mol. The maximum Gasteiger partial charge on any atom is 0.276 e. The molecule has 0 atom stereocenters. The fourth-order valence-electron chi connectivity index (χ4n) is 1.27. The zero-order chi connectivity index (χ0) is 16.0. The van der Waals surface area contributed by atoms with E-state index in [-0.39, 0.29) is 18.0 Å². The lowest BCUT2D eigenvalue weighted by atomic mass is 10.1. The first-order valence-corrected chi connectivity index (χ1v) is 7.32. The van der Waals surface area contributed by atoms with Gasteiger partial charge < -0.3 is 10.1 Å². The second-order valence-electron chi connectivity index (χ2n) is 5.24. The molecule has 0 unspecified atom stereocenters. The quantitative estimate of drug-likeness (QED) is 0.557. The van der Waals surface area contributed by atoms with Crippen LogP contribution in [0, 0.1) is 5.82 Å². The summed E-state index contributed by atoms with van der Waals surface area (Å²) < 4.78 is 18.6. The number of hydrazine groups is 1. The summed E-state index contributed by atoms with van der Waals surface area (Å²) in [6.07, 6.45) is 0. The molecule has 0 aliphatic heterocycles. The number of hydrogen-bond acceptors (Lipinski definition) is 3. The third-order valence-electron chi connectivity index (χ3n) is 2.06. The molecule has 116 valence electrons. The summed E-state index contributed by atoms with van der Waals surface area (Å²) in [5, 5.41) is 3.28. The molecule has 0 aromatic heterocycles. The SMILES string of the molecule is CC(C)(C)NC(=S)NNC(=O)COc1ccc(F)cc1Br. The number of benzene rings is 1. The number of thiocarbonyl (C=S) groups is 1. The van der Waals surface area contributed by atoms with Gasteiger partial charge in [0.1, 0.15) is 11.6 Å². The third-order valence-corrected chi connectivity index (χ3v) is 2.88. The van der Waals surface area contributed by atoms with Crippen LogP contribution in [0.1, 0.15) is 20.8 Å². The molecule has 3 N–H and O–H groups in total. The lowest BCUT2D eigenvalue weighted by molar-refractivity contribution is -0.123. The molecule has 5 nitrogen and oxygen atoms in total. The molecule has 0 spiro atoms. The molecule has 0 heterocycles. The minimum absolute atomic E-state index is 0.204. The molecule has 0 fully saturated rings. The molecule has 0 aliphatic rings. The van der Waals surface area contributed by atoms with Crippen molar-refractivity contribution < 1.29 is 13.9 Å². The van der Waals surface area contributed by atoms with E-state index in [2.05, 4.69) is 32.1 Å². The number of halogens is 2. The maximum absolute atomic E-state index is 12.9. The van der Waals surface area contributed by atoms with E-state index in [4.69, 9.17) is 17.0 Å². The van der Waals surface area contributed by atoms with E-state index in [1.807, 2.05) is 20.8 Å². The molecular weight excluding hydrogens is 361 g/mol. The Bertz CT molecular complexity index is 535. The molecule has 0 radical (unpaired) electrons. The van der Waals surface area contributed by atoms with Gasteiger partial charge in [-0.25, -0.2) is 4.39 Å². The van der Waals surface area contributed by atoms with Crippen molar-refractivity contribution >= 4 is 39.2 Å². The van der Waals surface area contributed by atoms with Gasteiger partial charge >= 0.3 is 0 Å². The summed E-state index contributed by atoms with van der Waals surface area (Å²) in [5.41, 5.74) is 4.76. The molecule has 8 heteroatoms. The van der Waals surface area contributed by atoms with Crippen molar-refractivity contribution in [1.29, 1.82) is 0 Å². The first-order valence-electron chi connectivity index (χ1n) is 6.12. The van der Waals surface area contributed by atoms with Crippen molar-refractivity contribution in [2.75, 3.05) is 6.61 Å². The van der Waals surface area contributed by atoms with Crippen LogP contribution in [-0.2, 0) is 4.79 Å². The van der Waals surface area contributed by atoms with Crippen molar-refractivity contribution in [2.45, 2.75) is 26.3 Å². The van der Waals surface area contributed by atoms with Crippen LogP contribution in [0.3, 0.4) is 0 Å². The molecule has 1 amide bonds. The Labute approximate surface area is 136 Å². The van der Waals surface area contributed by atoms with Gasteiger partial charge in [0.05, 0.1) is 4.47 Å². The minimum Gasteiger partial charge on any atom is -0.483 e. The van der Waals surface area contributed by atoms with Crippen molar-refractivity contribution in [3.63, 3.8) is 0 Å². The summed E-state index contributed by atoms with van der Waals surface area (Å²) >= 11 is 8.16. The molecule has 1 aromatic carbocycles. The van der Waals surface area contributed by atoms with E-state index >= 15 is 0 Å². The lowest BCUT2D eigenvalue weighted by Crippen LogP contribution is -2.52. The summed E-state index contributed by atoms with van der Waals surface area (Å²) in [6.45, 7) is 5.60. The average molecular weight is 378 g/mol. The predicted octanol–water partition coefficient (Wildman–Crippen LogP) is 2.26. The van der Waals surface area contributed by atoms with Crippen molar-refractivity contribution in [3.8, 4) is 5.75 Å². The lowest BCUT2D eigenvalue weighted by Gasteiger charge is -2.23. The van der Waals surface area contributed by atoms with Gasteiger partial charge in [-0.1, -0.05) is 0 Å². The van der Waals surface area contributed by atoms with Gasteiger partial charge in [0, 0.05) is 5.54 Å². The van der Waals surface area contributed by atoms with E-state index in [1.165, 1.54) is 18.2 Å². The van der Waals surface area contributed by atoms with Crippen molar-refractivity contribution in [2.24, 2.45) is 0 Å². The number of carbonyl (C=O) groups is 1. The van der Waals surface area contributed by atoms with Crippen LogP contribution >= 0.6 is 28.1 Å². The Morgan fingerprint density at radius 1 is 1.38 bits per heavy atom. The Balaban J connectivity index is 2.36. The molecule has 0 saturated heterocycles. The van der Waals surface area contributed by atoms with Gasteiger partial charge in [-0.15, -0.1) is 0 Å². The van der Waals surface area contributed by atoms with Crippen LogP contribution in [0.4, 0.5) is 4.39 Å². The topological polar surface area (TPSA) is 62.4 Å². The number of rotatable bonds is 3. The van der Waals surface area contributed by atoms with E-state index in [0.717, 1.165) is 0 Å². The zero-order valence-corrected chi connectivity index (χ0v) is 14.3. The summed E-state index contributed by atoms with van der Waals surface area (Å²) in [4.78, 5) is 11.6. The first-order chi connectivity index (χ1) is 9.67. The molecule has 0 saturated carbocycles. The van der Waals surface area contributed by atoms with Crippen molar-refractivity contribution in [1.82, 2.24) is 16.2 Å². The van der Waals surface area contributed by atoms with E-state index in [9.17, 15) is 9.18 Å². The maximum atomic E-state index is 12.9. The van der Waals surface area contributed by atoms with Gasteiger partial charge in [-0.2, -0.15) is 0 Å². The number of amides is 1. The fraction of sp³-hybridized carbons (Fsp3) is 0.385. The smallest absolute Gasteiger partial charge is 0.276 e. The van der Waals surface area contributed by atoms with E-state index in [0.29, 0.717) is 15.3 Å². The van der Waals surface area contributed by atoms with E-state index in [1.54, 1.807) is 0 Å². The van der Waals surface area contributed by atoms with Crippen LogP contribution in [0.2, 0.25) is 0 Å². The Morgan fingerprint density at radius 3 is 2.62 bits per heavy atom. The molecular formula is C13H17BrFN3O2S. The highest BCUT2D eigenvalue weighted by Gasteiger charge is 2.11. The Morgan fingerprint density at radius 2 is 2.05 bits per heavy atom. The minimum atomic E-state index is -0.413. The number of carbonyl (C=O) groups excluding carboxylic acids is 1. The molecule has 1 rings (SSSR count).